The van der Waals surface area contributed by atoms with E-state index in [2.05, 4.69) is 15.9 Å². The van der Waals surface area contributed by atoms with Crippen LogP contribution < -0.4 is 0 Å². The topological polar surface area (TPSA) is 29.5 Å². The molecule has 0 aromatic heterocycles. The predicted octanol–water partition coefficient (Wildman–Crippen LogP) is 3.60. The minimum atomic E-state index is 0.0604. The zero-order chi connectivity index (χ0) is 13.8. The van der Waals surface area contributed by atoms with E-state index in [-0.39, 0.29) is 5.91 Å². The number of rotatable bonds is 3. The minimum Gasteiger partial charge on any atom is -0.384 e. The second kappa shape index (κ2) is 6.73. The molecule has 0 unspecified atom stereocenters. The van der Waals surface area contributed by atoms with Gasteiger partial charge in [0.15, 0.2) is 0 Å². The van der Waals surface area contributed by atoms with Crippen molar-refractivity contribution >= 4 is 33.4 Å². The van der Waals surface area contributed by atoms with Gasteiger partial charge in [0.05, 0.1) is 5.02 Å². The number of hydrogen-bond donors (Lipinski definition) is 0. The number of hydrogen-bond acceptors (Lipinski definition) is 2. The first-order valence-corrected chi connectivity index (χ1v) is 7.52. The van der Waals surface area contributed by atoms with E-state index in [9.17, 15) is 4.79 Å². The average Bonchev–Trinajstić information content (AvgIpc) is 2.42. The Hall–Kier alpha value is -0.580. The summed E-state index contributed by atoms with van der Waals surface area (Å²) in [6, 6.07) is 5.34. The number of carbonyl (C=O) groups is 1. The molecule has 1 aliphatic rings. The molecule has 3 nitrogen and oxygen atoms in total. The Kier molecular flexibility index (Phi) is 5.25. The van der Waals surface area contributed by atoms with Crippen LogP contribution in [0.5, 0.6) is 0 Å². The first-order valence-electron chi connectivity index (χ1n) is 6.35. The van der Waals surface area contributed by atoms with E-state index in [1.54, 1.807) is 19.2 Å². The van der Waals surface area contributed by atoms with Crippen molar-refractivity contribution in [3.63, 3.8) is 0 Å². The normalized spacial score (nSPS) is 16.7. The first kappa shape index (κ1) is 14.8. The summed E-state index contributed by atoms with van der Waals surface area (Å²) in [4.78, 5) is 14.2. The van der Waals surface area contributed by atoms with Gasteiger partial charge in [-0.1, -0.05) is 11.6 Å². The van der Waals surface area contributed by atoms with Gasteiger partial charge in [-0.2, -0.15) is 0 Å². The van der Waals surface area contributed by atoms with Crippen molar-refractivity contribution in [3.8, 4) is 0 Å². The number of ether oxygens (including phenoxy) is 1. The summed E-state index contributed by atoms with van der Waals surface area (Å²) in [5.41, 5.74) is 0.651. The SMILES string of the molecule is COCC1CCN(C(=O)c2ccc(Br)c(Cl)c2)CC1. The monoisotopic (exact) mass is 345 g/mol. The fraction of sp³-hybridized carbons (Fsp3) is 0.500. The standard InChI is InChI=1S/C14H17BrClNO2/c1-19-9-10-4-6-17(7-5-10)14(18)11-2-3-12(15)13(16)8-11/h2-3,8,10H,4-7,9H2,1H3. The van der Waals surface area contributed by atoms with E-state index >= 15 is 0 Å². The van der Waals surface area contributed by atoms with E-state index < -0.39 is 0 Å². The summed E-state index contributed by atoms with van der Waals surface area (Å²) < 4.78 is 5.97. The molecule has 0 bridgehead atoms. The highest BCUT2D eigenvalue weighted by atomic mass is 79.9. The van der Waals surface area contributed by atoms with Crippen LogP contribution in [0.3, 0.4) is 0 Å². The lowest BCUT2D eigenvalue weighted by molar-refractivity contribution is 0.0613. The Morgan fingerprint density at radius 2 is 2.16 bits per heavy atom. The van der Waals surface area contributed by atoms with Crippen LogP contribution in [0.15, 0.2) is 22.7 Å². The van der Waals surface area contributed by atoms with Crippen molar-refractivity contribution in [2.24, 2.45) is 5.92 Å². The molecule has 1 aromatic carbocycles. The molecule has 0 radical (unpaired) electrons. The summed E-state index contributed by atoms with van der Waals surface area (Å²) in [7, 11) is 1.72. The Bertz CT molecular complexity index is 459. The van der Waals surface area contributed by atoms with Crippen LogP contribution in [0.1, 0.15) is 23.2 Å². The Balaban J connectivity index is 1.99. The molecule has 0 saturated carbocycles. The van der Waals surface area contributed by atoms with E-state index in [1.807, 2.05) is 11.0 Å². The van der Waals surface area contributed by atoms with E-state index in [0.717, 1.165) is 37.0 Å². The molecule has 1 saturated heterocycles. The molecule has 0 spiro atoms. The largest absolute Gasteiger partial charge is 0.384 e. The minimum absolute atomic E-state index is 0.0604. The van der Waals surface area contributed by atoms with Gasteiger partial charge < -0.3 is 9.64 Å². The highest BCUT2D eigenvalue weighted by Gasteiger charge is 2.23. The maximum absolute atomic E-state index is 12.3. The first-order chi connectivity index (χ1) is 9.11. The van der Waals surface area contributed by atoms with E-state index in [4.69, 9.17) is 16.3 Å². The third kappa shape index (κ3) is 3.71. The molecule has 5 heteroatoms. The smallest absolute Gasteiger partial charge is 0.253 e. The van der Waals surface area contributed by atoms with E-state index in [1.165, 1.54) is 0 Å². The number of benzene rings is 1. The van der Waals surface area contributed by atoms with Gasteiger partial charge >= 0.3 is 0 Å². The van der Waals surface area contributed by atoms with Crippen LogP contribution in [0, 0.1) is 5.92 Å². The van der Waals surface area contributed by atoms with Crippen molar-refractivity contribution in [1.29, 1.82) is 0 Å². The molecule has 0 N–H and O–H groups in total. The maximum atomic E-state index is 12.3. The number of piperidine rings is 1. The Morgan fingerprint density at radius 1 is 1.47 bits per heavy atom. The maximum Gasteiger partial charge on any atom is 0.253 e. The summed E-state index contributed by atoms with van der Waals surface area (Å²) in [6.45, 7) is 2.37. The zero-order valence-corrected chi connectivity index (χ0v) is 13.2. The van der Waals surface area contributed by atoms with Crippen LogP contribution in [0.25, 0.3) is 0 Å². The van der Waals surface area contributed by atoms with Crippen molar-refractivity contribution in [2.75, 3.05) is 26.8 Å². The second-order valence-corrected chi connectivity index (χ2v) is 6.08. The zero-order valence-electron chi connectivity index (χ0n) is 10.9. The lowest BCUT2D eigenvalue weighted by Crippen LogP contribution is -2.39. The quantitative estimate of drug-likeness (QED) is 0.837. The van der Waals surface area contributed by atoms with Crippen LogP contribution in [-0.2, 0) is 4.74 Å². The van der Waals surface area contributed by atoms with Crippen molar-refractivity contribution in [2.45, 2.75) is 12.8 Å². The molecule has 19 heavy (non-hydrogen) atoms. The molecule has 0 atom stereocenters. The van der Waals surface area contributed by atoms with Gasteiger partial charge in [-0.05, 0) is 52.9 Å². The summed E-state index contributed by atoms with van der Waals surface area (Å²) in [5, 5.41) is 0.570. The van der Waals surface area contributed by atoms with Gasteiger partial charge in [-0.3, -0.25) is 4.79 Å². The van der Waals surface area contributed by atoms with Crippen LogP contribution >= 0.6 is 27.5 Å². The molecule has 1 aromatic rings. The van der Waals surface area contributed by atoms with Gasteiger partial charge in [0.25, 0.3) is 5.91 Å². The third-order valence-corrected chi connectivity index (χ3v) is 4.70. The number of likely N-dealkylation sites (tertiary alicyclic amines) is 1. The average molecular weight is 347 g/mol. The number of nitrogens with zero attached hydrogens (tertiary/aromatic N) is 1. The van der Waals surface area contributed by atoms with Crippen LogP contribution in [0.2, 0.25) is 5.02 Å². The molecule has 1 amide bonds. The van der Waals surface area contributed by atoms with Crippen molar-refractivity contribution < 1.29 is 9.53 Å². The molecular weight excluding hydrogens is 330 g/mol. The molecule has 0 aliphatic carbocycles. The lowest BCUT2D eigenvalue weighted by Gasteiger charge is -2.31. The van der Waals surface area contributed by atoms with Crippen LogP contribution in [-0.4, -0.2) is 37.6 Å². The number of amides is 1. The van der Waals surface area contributed by atoms with Crippen LogP contribution in [0.4, 0.5) is 0 Å². The molecular formula is C14H17BrClNO2. The third-order valence-electron chi connectivity index (χ3n) is 3.47. The van der Waals surface area contributed by atoms with Gasteiger partial charge in [0.1, 0.15) is 0 Å². The Morgan fingerprint density at radius 3 is 2.74 bits per heavy atom. The van der Waals surface area contributed by atoms with Gasteiger partial charge in [-0.15, -0.1) is 0 Å². The summed E-state index contributed by atoms with van der Waals surface area (Å²) in [6.07, 6.45) is 2.01. The predicted molar refractivity (Wildman–Crippen MR) is 79.7 cm³/mol. The van der Waals surface area contributed by atoms with Gasteiger partial charge in [0.2, 0.25) is 0 Å². The lowest BCUT2D eigenvalue weighted by atomic mass is 9.97. The molecule has 104 valence electrons. The molecule has 2 rings (SSSR count). The number of carbonyl (C=O) groups excluding carboxylic acids is 1. The highest BCUT2D eigenvalue weighted by Crippen LogP contribution is 2.25. The fourth-order valence-corrected chi connectivity index (χ4v) is 2.78. The van der Waals surface area contributed by atoms with E-state index in [0.29, 0.717) is 16.5 Å². The van der Waals surface area contributed by atoms with Crippen molar-refractivity contribution in [3.05, 3.63) is 33.3 Å². The highest BCUT2D eigenvalue weighted by molar-refractivity contribution is 9.10. The van der Waals surface area contributed by atoms with Crippen molar-refractivity contribution in [1.82, 2.24) is 4.90 Å². The van der Waals surface area contributed by atoms with Gasteiger partial charge in [0, 0.05) is 36.8 Å². The molecule has 1 fully saturated rings. The molecule has 1 aliphatic heterocycles. The summed E-state index contributed by atoms with van der Waals surface area (Å²) in [5.74, 6) is 0.632. The number of halogens is 2. The summed E-state index contributed by atoms with van der Waals surface area (Å²) >= 11 is 9.36. The number of methoxy groups -OCH3 is 1. The second-order valence-electron chi connectivity index (χ2n) is 4.82. The van der Waals surface area contributed by atoms with Gasteiger partial charge in [-0.25, -0.2) is 0 Å². The fourth-order valence-electron chi connectivity index (χ4n) is 2.35. The molecule has 1 heterocycles. The Labute approximate surface area is 127 Å².